The third-order valence-electron chi connectivity index (χ3n) is 3.34. The standard InChI is InChI=1S/C13H21F11O3Si2/c1-28(2)27-29(3,4)7-5-6-25-8-9(14,11(17,18)19)26-13(23,24)10(15,16)12(20,21)22/h28H,5-8H2,1-4H3. The van der Waals surface area contributed by atoms with Crippen LogP contribution in [0.15, 0.2) is 0 Å². The Morgan fingerprint density at radius 1 is 0.793 bits per heavy atom. The van der Waals surface area contributed by atoms with Crippen molar-refractivity contribution in [2.45, 2.75) is 68.9 Å². The summed E-state index contributed by atoms with van der Waals surface area (Å²) in [6.07, 6.45) is -20.2. The molecule has 29 heavy (non-hydrogen) atoms. The van der Waals surface area contributed by atoms with Crippen LogP contribution in [0.3, 0.4) is 0 Å². The molecule has 1 atom stereocenters. The largest absolute Gasteiger partial charge is 0.462 e. The van der Waals surface area contributed by atoms with Crippen LogP contribution in [0.5, 0.6) is 0 Å². The number of alkyl halides is 11. The molecule has 16 heteroatoms. The van der Waals surface area contributed by atoms with Crippen molar-refractivity contribution in [2.75, 3.05) is 13.2 Å². The smallest absolute Gasteiger partial charge is 0.458 e. The lowest BCUT2D eigenvalue weighted by atomic mass is 10.2. The van der Waals surface area contributed by atoms with Gasteiger partial charge in [0.05, 0.1) is 0 Å². The second-order valence-corrected chi connectivity index (χ2v) is 14.1. The fourth-order valence-corrected chi connectivity index (χ4v) is 8.67. The Morgan fingerprint density at radius 2 is 1.28 bits per heavy atom. The zero-order chi connectivity index (χ0) is 23.5. The molecule has 0 saturated carbocycles. The van der Waals surface area contributed by atoms with Crippen LogP contribution in [0.4, 0.5) is 48.3 Å². The normalized spacial score (nSPS) is 17.0. The third-order valence-corrected chi connectivity index (χ3v) is 9.34. The SMILES string of the molecule is C[SiH](C)O[Si](C)(C)CCCOCC(F)(OC(F)(F)C(F)(F)C(F)(F)F)C(F)(F)F. The fraction of sp³-hybridized carbons (Fsp3) is 1.00. The molecule has 0 saturated heterocycles. The van der Waals surface area contributed by atoms with E-state index in [0.717, 1.165) is 0 Å². The second-order valence-electron chi connectivity index (χ2n) is 7.00. The molecule has 0 aromatic heterocycles. The van der Waals surface area contributed by atoms with Crippen LogP contribution in [0, 0.1) is 0 Å². The molecule has 0 N–H and O–H groups in total. The Labute approximate surface area is 162 Å². The van der Waals surface area contributed by atoms with Crippen molar-refractivity contribution in [3.8, 4) is 0 Å². The summed E-state index contributed by atoms with van der Waals surface area (Å²) in [5.41, 5.74) is 0. The highest BCUT2D eigenvalue weighted by molar-refractivity contribution is 6.77. The average molecular weight is 490 g/mol. The van der Waals surface area contributed by atoms with Crippen LogP contribution in [-0.4, -0.2) is 60.8 Å². The van der Waals surface area contributed by atoms with E-state index in [1.54, 1.807) is 13.1 Å². The number of rotatable bonds is 11. The van der Waals surface area contributed by atoms with Crippen molar-refractivity contribution in [3.05, 3.63) is 0 Å². The Bertz CT molecular complexity index is 523. The van der Waals surface area contributed by atoms with E-state index >= 15 is 0 Å². The molecule has 0 spiro atoms. The maximum absolute atomic E-state index is 13.9. The van der Waals surface area contributed by atoms with E-state index < -0.39 is 60.8 Å². The van der Waals surface area contributed by atoms with Gasteiger partial charge in [0, 0.05) is 6.61 Å². The van der Waals surface area contributed by atoms with Gasteiger partial charge < -0.3 is 8.85 Å². The Kier molecular flexibility index (Phi) is 9.21. The summed E-state index contributed by atoms with van der Waals surface area (Å²) < 4.78 is 152. The first kappa shape index (κ1) is 28.5. The minimum atomic E-state index is -7.07. The highest BCUT2D eigenvalue weighted by Gasteiger charge is 2.78. The van der Waals surface area contributed by atoms with Gasteiger partial charge in [0.25, 0.3) is 0 Å². The van der Waals surface area contributed by atoms with E-state index in [-0.39, 0.29) is 6.42 Å². The molecule has 176 valence electrons. The molecule has 0 aliphatic carbocycles. The van der Waals surface area contributed by atoms with Gasteiger partial charge in [0.1, 0.15) is 6.61 Å². The molecule has 0 aliphatic rings. The lowest BCUT2D eigenvalue weighted by molar-refractivity contribution is -0.486. The van der Waals surface area contributed by atoms with Gasteiger partial charge in [0.2, 0.25) is 0 Å². The zero-order valence-electron chi connectivity index (χ0n) is 15.8. The van der Waals surface area contributed by atoms with Crippen molar-refractivity contribution in [3.63, 3.8) is 0 Å². The lowest BCUT2D eigenvalue weighted by Crippen LogP contribution is -2.60. The third kappa shape index (κ3) is 7.95. The highest BCUT2D eigenvalue weighted by atomic mass is 28.4. The maximum Gasteiger partial charge on any atom is 0.462 e. The summed E-state index contributed by atoms with van der Waals surface area (Å²) in [5, 5.41) is 0. The molecule has 0 bridgehead atoms. The maximum atomic E-state index is 13.9. The minimum Gasteiger partial charge on any atom is -0.458 e. The second kappa shape index (κ2) is 9.36. The number of ether oxygens (including phenoxy) is 2. The van der Waals surface area contributed by atoms with Crippen molar-refractivity contribution in [1.82, 2.24) is 0 Å². The summed E-state index contributed by atoms with van der Waals surface area (Å²) >= 11 is 0. The van der Waals surface area contributed by atoms with Gasteiger partial charge in [-0.05, 0) is 38.7 Å². The molecular formula is C13H21F11O3Si2. The molecule has 0 amide bonds. The van der Waals surface area contributed by atoms with E-state index in [4.69, 9.17) is 4.12 Å². The summed E-state index contributed by atoms with van der Waals surface area (Å²) in [7, 11) is -3.61. The van der Waals surface area contributed by atoms with E-state index in [1.807, 2.05) is 13.1 Å². The van der Waals surface area contributed by atoms with Crippen molar-refractivity contribution >= 4 is 17.4 Å². The molecule has 0 heterocycles. The molecule has 0 rings (SSSR count). The molecule has 0 radical (unpaired) electrons. The van der Waals surface area contributed by atoms with Gasteiger partial charge >= 0.3 is 30.2 Å². The predicted molar refractivity (Wildman–Crippen MR) is 84.6 cm³/mol. The van der Waals surface area contributed by atoms with Crippen LogP contribution in [0.1, 0.15) is 6.42 Å². The molecule has 0 aliphatic heterocycles. The first-order valence-electron chi connectivity index (χ1n) is 8.12. The average Bonchev–Trinajstić information content (AvgIpc) is 2.42. The van der Waals surface area contributed by atoms with Gasteiger partial charge in [-0.2, -0.15) is 48.3 Å². The van der Waals surface area contributed by atoms with E-state index in [0.29, 0.717) is 6.04 Å². The summed E-state index contributed by atoms with van der Waals surface area (Å²) in [5.74, 6) is -12.7. The molecule has 0 fully saturated rings. The Morgan fingerprint density at radius 3 is 1.66 bits per heavy atom. The quantitative estimate of drug-likeness (QED) is 0.213. The summed E-state index contributed by atoms with van der Waals surface area (Å²) in [4.78, 5) is 0. The number of hydrogen-bond acceptors (Lipinski definition) is 3. The molecule has 0 aromatic rings. The van der Waals surface area contributed by atoms with Crippen LogP contribution in [0.2, 0.25) is 32.2 Å². The monoisotopic (exact) mass is 490 g/mol. The van der Waals surface area contributed by atoms with Crippen molar-refractivity contribution < 1.29 is 61.9 Å². The molecule has 3 nitrogen and oxygen atoms in total. The van der Waals surface area contributed by atoms with E-state index in [1.165, 1.54) is 0 Å². The zero-order valence-corrected chi connectivity index (χ0v) is 17.9. The van der Waals surface area contributed by atoms with Crippen LogP contribution in [-0.2, 0) is 13.6 Å². The van der Waals surface area contributed by atoms with E-state index in [9.17, 15) is 48.3 Å². The van der Waals surface area contributed by atoms with Gasteiger partial charge in [-0.25, -0.2) is 0 Å². The van der Waals surface area contributed by atoms with Crippen molar-refractivity contribution in [2.24, 2.45) is 0 Å². The van der Waals surface area contributed by atoms with Gasteiger partial charge in [-0.1, -0.05) is 0 Å². The Hall–Kier alpha value is -0.456. The van der Waals surface area contributed by atoms with Gasteiger partial charge in [-0.3, -0.25) is 4.74 Å². The fourth-order valence-electron chi connectivity index (χ4n) is 2.10. The van der Waals surface area contributed by atoms with Crippen LogP contribution in [0.25, 0.3) is 0 Å². The number of halogens is 11. The van der Waals surface area contributed by atoms with Crippen molar-refractivity contribution in [1.29, 1.82) is 0 Å². The molecule has 0 aromatic carbocycles. The molecule has 1 unspecified atom stereocenters. The highest BCUT2D eigenvalue weighted by Crippen LogP contribution is 2.50. The van der Waals surface area contributed by atoms with Crippen LogP contribution >= 0.6 is 0 Å². The first-order valence-corrected chi connectivity index (χ1v) is 14.0. The predicted octanol–water partition coefficient (Wildman–Crippen LogP) is 5.63. The van der Waals surface area contributed by atoms with Gasteiger partial charge in [0.15, 0.2) is 17.4 Å². The minimum absolute atomic E-state index is 0.0172. The Balaban J connectivity index is 5.11. The number of hydrogen-bond donors (Lipinski definition) is 0. The summed E-state index contributed by atoms with van der Waals surface area (Å²) in [6.45, 7) is 4.35. The lowest BCUT2D eigenvalue weighted by Gasteiger charge is -2.34. The van der Waals surface area contributed by atoms with E-state index in [2.05, 4.69) is 9.47 Å². The molecular weight excluding hydrogens is 469 g/mol. The summed E-state index contributed by atoms with van der Waals surface area (Å²) in [6, 6.07) is 0.340. The topological polar surface area (TPSA) is 27.7 Å². The first-order chi connectivity index (χ1) is 12.6. The van der Waals surface area contributed by atoms with Crippen LogP contribution < -0.4 is 0 Å². The van der Waals surface area contributed by atoms with Gasteiger partial charge in [-0.15, -0.1) is 0 Å².